The number of hydrogen-bond acceptors (Lipinski definition) is 5. The average molecular weight is 618 g/mol. The van der Waals surface area contributed by atoms with Crippen LogP contribution in [0.5, 0.6) is 0 Å². The molecule has 10 rings (SSSR count). The Morgan fingerprint density at radius 2 is 1.10 bits per heavy atom. The second kappa shape index (κ2) is 10.6. The van der Waals surface area contributed by atoms with Gasteiger partial charge in [-0.05, 0) is 64.7 Å². The van der Waals surface area contributed by atoms with Crippen molar-refractivity contribution in [2.75, 3.05) is 0 Å². The number of benzene rings is 6. The van der Waals surface area contributed by atoms with Crippen molar-refractivity contribution in [1.82, 2.24) is 15.0 Å². The molecule has 226 valence electrons. The van der Waals surface area contributed by atoms with Gasteiger partial charge < -0.3 is 8.83 Å². The van der Waals surface area contributed by atoms with Crippen LogP contribution in [0.1, 0.15) is 18.4 Å². The summed E-state index contributed by atoms with van der Waals surface area (Å²) in [7, 11) is 0. The smallest absolute Gasteiger partial charge is 0.164 e. The SMILES string of the molecule is C1=c2c(-c3nc(-c4ccccc4)nc(-c4ccc5c(c4)oc4ccccc45)n3)cccc2=C(c2cccc3oc4ccccc4c23)CC1. The summed E-state index contributed by atoms with van der Waals surface area (Å²) in [5.41, 5.74) is 8.80. The summed E-state index contributed by atoms with van der Waals surface area (Å²) in [6.45, 7) is 0. The van der Waals surface area contributed by atoms with Crippen LogP contribution in [0.25, 0.3) is 89.7 Å². The van der Waals surface area contributed by atoms with Crippen LogP contribution in [0.3, 0.4) is 0 Å². The fraction of sp³-hybridized carbons (Fsp3) is 0.0465. The average Bonchev–Trinajstić information content (AvgIpc) is 3.73. The highest BCUT2D eigenvalue weighted by atomic mass is 16.3. The van der Waals surface area contributed by atoms with Crippen LogP contribution < -0.4 is 10.4 Å². The minimum absolute atomic E-state index is 0.605. The minimum Gasteiger partial charge on any atom is -0.456 e. The Kier molecular flexibility index (Phi) is 5.93. The fourth-order valence-corrected chi connectivity index (χ4v) is 7.25. The highest BCUT2D eigenvalue weighted by Crippen LogP contribution is 2.36. The normalized spacial score (nSPS) is 13.0. The Morgan fingerprint density at radius 1 is 0.458 bits per heavy atom. The van der Waals surface area contributed by atoms with E-state index in [1.54, 1.807) is 0 Å². The first-order chi connectivity index (χ1) is 23.8. The van der Waals surface area contributed by atoms with Crippen molar-refractivity contribution in [3.05, 3.63) is 149 Å². The molecule has 0 atom stereocenters. The molecule has 9 aromatic rings. The van der Waals surface area contributed by atoms with Gasteiger partial charge in [-0.2, -0.15) is 0 Å². The third kappa shape index (κ3) is 4.21. The van der Waals surface area contributed by atoms with Crippen molar-refractivity contribution in [2.45, 2.75) is 12.8 Å². The van der Waals surface area contributed by atoms with Crippen molar-refractivity contribution >= 4 is 55.5 Å². The van der Waals surface area contributed by atoms with Crippen LogP contribution in [0.4, 0.5) is 0 Å². The standard InChI is InChI=1S/C43H27N3O2/c1-2-11-26(12-3-1)41-44-42(27-23-24-32-31-13-4-6-20-36(31)48-39(32)25-27)46-43(45-41)34-19-9-15-28-29(16-8-17-30(28)34)33-18-10-22-38-40(33)35-14-5-7-21-37(35)47-38/h1-7,9-15,17-25H,8,16H2. The third-order valence-corrected chi connectivity index (χ3v) is 9.45. The van der Waals surface area contributed by atoms with Gasteiger partial charge in [-0.25, -0.2) is 15.0 Å². The van der Waals surface area contributed by atoms with E-state index in [1.807, 2.05) is 66.7 Å². The number of hydrogen-bond donors (Lipinski definition) is 0. The quantitative estimate of drug-likeness (QED) is 0.197. The molecule has 0 aliphatic heterocycles. The predicted molar refractivity (Wildman–Crippen MR) is 193 cm³/mol. The molecular formula is C43H27N3O2. The lowest BCUT2D eigenvalue weighted by atomic mass is 9.89. The number of para-hydroxylation sites is 2. The van der Waals surface area contributed by atoms with E-state index in [0.717, 1.165) is 78.6 Å². The van der Waals surface area contributed by atoms with Gasteiger partial charge in [-0.3, -0.25) is 0 Å². The van der Waals surface area contributed by atoms with E-state index >= 15 is 0 Å². The molecule has 48 heavy (non-hydrogen) atoms. The number of aromatic nitrogens is 3. The molecule has 5 heteroatoms. The van der Waals surface area contributed by atoms with E-state index in [-0.39, 0.29) is 0 Å². The van der Waals surface area contributed by atoms with Gasteiger partial charge in [0.25, 0.3) is 0 Å². The molecule has 0 saturated carbocycles. The van der Waals surface area contributed by atoms with Crippen LogP contribution in [-0.4, -0.2) is 15.0 Å². The number of furan rings is 2. The van der Waals surface area contributed by atoms with Gasteiger partial charge in [0.05, 0.1) is 0 Å². The largest absolute Gasteiger partial charge is 0.456 e. The summed E-state index contributed by atoms with van der Waals surface area (Å²) in [5, 5.41) is 6.81. The maximum Gasteiger partial charge on any atom is 0.164 e. The molecule has 3 aromatic heterocycles. The summed E-state index contributed by atoms with van der Waals surface area (Å²) < 4.78 is 12.5. The molecule has 0 amide bonds. The first-order valence-electron chi connectivity index (χ1n) is 16.3. The van der Waals surface area contributed by atoms with Gasteiger partial charge in [-0.15, -0.1) is 0 Å². The predicted octanol–water partition coefficient (Wildman–Crippen LogP) is 9.44. The Labute approximate surface area is 275 Å². The second-order valence-corrected chi connectivity index (χ2v) is 12.2. The zero-order valence-electron chi connectivity index (χ0n) is 25.9. The molecule has 5 nitrogen and oxygen atoms in total. The molecule has 0 radical (unpaired) electrons. The maximum atomic E-state index is 6.26. The molecule has 0 bridgehead atoms. The molecule has 0 spiro atoms. The Bertz CT molecular complexity index is 2850. The Balaban J connectivity index is 1.20. The first kappa shape index (κ1) is 26.8. The number of nitrogens with zero attached hydrogens (tertiary/aromatic N) is 3. The highest BCUT2D eigenvalue weighted by Gasteiger charge is 2.19. The van der Waals surface area contributed by atoms with E-state index < -0.39 is 0 Å². The van der Waals surface area contributed by atoms with Crippen molar-refractivity contribution in [3.8, 4) is 34.2 Å². The van der Waals surface area contributed by atoms with E-state index in [9.17, 15) is 0 Å². The lowest BCUT2D eigenvalue weighted by Gasteiger charge is -2.15. The molecular weight excluding hydrogens is 590 g/mol. The van der Waals surface area contributed by atoms with Crippen molar-refractivity contribution in [2.24, 2.45) is 0 Å². The van der Waals surface area contributed by atoms with Gasteiger partial charge in [0.2, 0.25) is 0 Å². The number of fused-ring (bicyclic) bond motifs is 7. The minimum atomic E-state index is 0.605. The molecule has 0 unspecified atom stereocenters. The van der Waals surface area contributed by atoms with Crippen molar-refractivity contribution in [1.29, 1.82) is 0 Å². The molecule has 1 aliphatic rings. The lowest BCUT2D eigenvalue weighted by molar-refractivity contribution is 0.668. The lowest BCUT2D eigenvalue weighted by Crippen LogP contribution is -2.32. The van der Waals surface area contributed by atoms with Gasteiger partial charge in [0.15, 0.2) is 17.5 Å². The van der Waals surface area contributed by atoms with Crippen LogP contribution in [-0.2, 0) is 0 Å². The monoisotopic (exact) mass is 617 g/mol. The Morgan fingerprint density at radius 3 is 1.98 bits per heavy atom. The van der Waals surface area contributed by atoms with Gasteiger partial charge in [-0.1, -0.05) is 109 Å². The maximum absolute atomic E-state index is 6.26. The van der Waals surface area contributed by atoms with Crippen LogP contribution in [0, 0.1) is 0 Å². The fourth-order valence-electron chi connectivity index (χ4n) is 7.25. The zero-order chi connectivity index (χ0) is 31.6. The molecule has 0 saturated heterocycles. The van der Waals surface area contributed by atoms with Gasteiger partial charge in [0, 0.05) is 38.2 Å². The summed E-state index contributed by atoms with van der Waals surface area (Å²) in [5.74, 6) is 1.88. The van der Waals surface area contributed by atoms with E-state index in [4.69, 9.17) is 23.8 Å². The Hall–Kier alpha value is -6.33. The topological polar surface area (TPSA) is 65.0 Å². The van der Waals surface area contributed by atoms with Crippen LogP contribution in [0.15, 0.2) is 142 Å². The van der Waals surface area contributed by atoms with Crippen LogP contribution >= 0.6 is 0 Å². The molecule has 0 N–H and O–H groups in total. The summed E-state index contributed by atoms with van der Waals surface area (Å²) in [6, 6.07) is 45.6. The first-order valence-corrected chi connectivity index (χ1v) is 16.3. The third-order valence-electron chi connectivity index (χ3n) is 9.45. The van der Waals surface area contributed by atoms with E-state index in [1.165, 1.54) is 16.4 Å². The summed E-state index contributed by atoms with van der Waals surface area (Å²) >= 11 is 0. The molecule has 6 aromatic carbocycles. The second-order valence-electron chi connectivity index (χ2n) is 12.2. The molecule has 0 fully saturated rings. The van der Waals surface area contributed by atoms with E-state index in [2.05, 4.69) is 72.8 Å². The molecule has 1 aliphatic carbocycles. The highest BCUT2D eigenvalue weighted by molar-refractivity contribution is 6.10. The zero-order valence-corrected chi connectivity index (χ0v) is 25.9. The van der Waals surface area contributed by atoms with Crippen molar-refractivity contribution < 1.29 is 8.83 Å². The van der Waals surface area contributed by atoms with Crippen molar-refractivity contribution in [3.63, 3.8) is 0 Å². The summed E-state index contributed by atoms with van der Waals surface area (Å²) in [4.78, 5) is 15.2. The molecule has 3 heterocycles. The van der Waals surface area contributed by atoms with Gasteiger partial charge >= 0.3 is 0 Å². The number of rotatable bonds is 4. The van der Waals surface area contributed by atoms with Gasteiger partial charge in [0.1, 0.15) is 22.3 Å². The van der Waals surface area contributed by atoms with Crippen LogP contribution in [0.2, 0.25) is 0 Å². The van der Waals surface area contributed by atoms with E-state index in [0.29, 0.717) is 17.5 Å². The summed E-state index contributed by atoms with van der Waals surface area (Å²) in [6.07, 6.45) is 4.18.